The molecule has 15 nitrogen and oxygen atoms in total. The van der Waals surface area contributed by atoms with E-state index < -0.39 is 113 Å². The van der Waals surface area contributed by atoms with Crippen molar-refractivity contribution in [1.82, 2.24) is 5.32 Å². The molecule has 1 amide bonds. The van der Waals surface area contributed by atoms with Crippen LogP contribution in [0, 0.1) is 16.7 Å². The average Bonchev–Trinajstić information content (AvgIpc) is 3.24. The molecule has 328 valence electrons. The second kappa shape index (κ2) is 16.5. The predicted molar refractivity (Wildman–Crippen MR) is 218 cm³/mol. The van der Waals surface area contributed by atoms with Gasteiger partial charge in [-0.1, -0.05) is 80.6 Å². The number of hydrogen-bond acceptors (Lipinski definition) is 14. The third-order valence-electron chi connectivity index (χ3n) is 13.5. The van der Waals surface area contributed by atoms with Gasteiger partial charge in [-0.05, 0) is 54.8 Å². The van der Waals surface area contributed by atoms with Gasteiger partial charge in [-0.15, -0.1) is 0 Å². The lowest BCUT2D eigenvalue weighted by atomic mass is 9.44. The molecule has 4 N–H and O–H groups in total. The number of amides is 1. The minimum absolute atomic E-state index is 0.00289. The van der Waals surface area contributed by atoms with Gasteiger partial charge in [-0.25, -0.2) is 9.59 Å². The Kier molecular flexibility index (Phi) is 11.8. The number of carbonyl (C=O) groups is 6. The number of ketones is 1. The lowest BCUT2D eigenvalue weighted by Crippen LogP contribution is -2.82. The molecule has 2 bridgehead atoms. The first-order valence-electron chi connectivity index (χ1n) is 20.5. The van der Waals surface area contributed by atoms with Gasteiger partial charge in [0.15, 0.2) is 23.6 Å². The van der Waals surface area contributed by atoms with Crippen LogP contribution in [0.5, 0.6) is 0 Å². The predicted octanol–water partition coefficient (Wildman–Crippen LogP) is 3.74. The number of esters is 4. The van der Waals surface area contributed by atoms with Crippen molar-refractivity contribution < 1.29 is 67.8 Å². The molecule has 2 saturated carbocycles. The van der Waals surface area contributed by atoms with Crippen LogP contribution in [0.2, 0.25) is 0 Å². The minimum atomic E-state index is -2.39. The van der Waals surface area contributed by atoms with Crippen LogP contribution in [0.25, 0.3) is 0 Å². The maximum absolute atomic E-state index is 15.5. The van der Waals surface area contributed by atoms with Crippen molar-refractivity contribution in [3.8, 4) is 0 Å². The van der Waals surface area contributed by atoms with Crippen molar-refractivity contribution in [2.75, 3.05) is 6.61 Å². The summed E-state index contributed by atoms with van der Waals surface area (Å²) in [5.74, 6) is -6.84. The van der Waals surface area contributed by atoms with Gasteiger partial charge in [0.2, 0.25) is 0 Å². The maximum atomic E-state index is 15.5. The van der Waals surface area contributed by atoms with Crippen molar-refractivity contribution in [3.63, 3.8) is 0 Å². The van der Waals surface area contributed by atoms with Crippen LogP contribution >= 0.6 is 0 Å². The van der Waals surface area contributed by atoms with E-state index in [1.54, 1.807) is 92.7 Å². The highest BCUT2D eigenvalue weighted by atomic mass is 16.6. The monoisotopic (exact) mass is 853 g/mol. The van der Waals surface area contributed by atoms with Gasteiger partial charge in [-0.3, -0.25) is 19.2 Å². The number of carbonyl (C=O) groups excluding carboxylic acids is 6. The Balaban J connectivity index is 1.39. The smallest absolute Gasteiger partial charge is 0.338 e. The topological polar surface area (TPSA) is 221 Å². The van der Waals surface area contributed by atoms with Crippen LogP contribution in [-0.4, -0.2) is 105 Å². The molecule has 7 rings (SSSR count). The SMILES string of the molecule is CC(=O)O[C@H]1C(=O)[C@]2(C)[C@@H](O)C[C@H]3OC[C@@]3(OC(C)=O)[C@@H]2[C@H](OC(=O)c2ccccc2)[C@]2(O)C[C@H](OC(=O)[C@@H](O)[C@@H](NC(=O)c3ccccc3)c3ccccc3)C(C)=C1C2(C)C. The fraction of sp³-hybridized carbons (Fsp3) is 0.447. The number of rotatable bonds is 10. The maximum Gasteiger partial charge on any atom is 0.338 e. The first kappa shape index (κ1) is 44.3. The van der Waals surface area contributed by atoms with E-state index >= 15 is 4.79 Å². The fourth-order valence-electron chi connectivity index (χ4n) is 10.2. The summed E-state index contributed by atoms with van der Waals surface area (Å²) in [4.78, 5) is 83.5. The standard InChI is InChI=1S/C47H51NO14/c1-25-31(60-43(56)36(52)35(28-16-10-7-11-17-28)48-41(54)29-18-12-8-13-19-29)23-47(57)40(61-42(55)30-20-14-9-15-21-30)38-45(6,32(51)22-33-46(38,24-58-33)62-27(3)50)39(53)37(59-26(2)49)34(25)44(47,4)5/h7-21,31-33,35-38,40,51-52,57H,22-24H2,1-6H3,(H,48,54)/t31-,32-,33+,35-,36-,37+,38+,40-,45+,46-,47+/m0/s1. The zero-order valence-electron chi connectivity index (χ0n) is 35.2. The van der Waals surface area contributed by atoms with Crippen LogP contribution in [0.15, 0.2) is 102 Å². The summed E-state index contributed by atoms with van der Waals surface area (Å²) < 4.78 is 30.3. The number of aliphatic hydroxyl groups excluding tert-OH is 2. The Labute approximate surface area is 358 Å². The number of hydrogen-bond donors (Lipinski definition) is 4. The van der Waals surface area contributed by atoms with Crippen molar-refractivity contribution >= 4 is 35.6 Å². The summed E-state index contributed by atoms with van der Waals surface area (Å²) in [6.07, 6.45) is -10.5. The quantitative estimate of drug-likeness (QED) is 0.130. The lowest BCUT2D eigenvalue weighted by molar-refractivity contribution is -0.346. The molecule has 11 atom stereocenters. The molecule has 1 saturated heterocycles. The second-order valence-electron chi connectivity index (χ2n) is 17.4. The third kappa shape index (κ3) is 7.29. The van der Waals surface area contributed by atoms with E-state index in [0.29, 0.717) is 5.56 Å². The van der Waals surface area contributed by atoms with Gasteiger partial charge in [0, 0.05) is 37.7 Å². The number of aliphatic hydroxyl groups is 3. The number of nitrogens with one attached hydrogen (secondary N) is 1. The van der Waals surface area contributed by atoms with Gasteiger partial charge in [0.25, 0.3) is 5.91 Å². The average molecular weight is 854 g/mol. The van der Waals surface area contributed by atoms with Crippen molar-refractivity contribution in [2.24, 2.45) is 16.7 Å². The molecule has 0 spiro atoms. The molecule has 3 aromatic carbocycles. The molecule has 0 radical (unpaired) electrons. The van der Waals surface area contributed by atoms with E-state index in [0.717, 1.165) is 13.8 Å². The Hall–Kier alpha value is -5.74. The van der Waals surface area contributed by atoms with Crippen LogP contribution in [0.1, 0.15) is 86.7 Å². The van der Waals surface area contributed by atoms with Gasteiger partial charge in [-0.2, -0.15) is 0 Å². The summed E-state index contributed by atoms with van der Waals surface area (Å²) in [5.41, 5.74) is -7.02. The molecule has 4 aliphatic rings. The van der Waals surface area contributed by atoms with Crippen LogP contribution in [0.4, 0.5) is 0 Å². The summed E-state index contributed by atoms with van der Waals surface area (Å²) in [6.45, 7) is 7.97. The fourth-order valence-corrected chi connectivity index (χ4v) is 10.2. The van der Waals surface area contributed by atoms with E-state index in [-0.39, 0.29) is 35.3 Å². The number of fused-ring (bicyclic) bond motifs is 5. The van der Waals surface area contributed by atoms with E-state index in [1.807, 2.05) is 0 Å². The van der Waals surface area contributed by atoms with E-state index in [2.05, 4.69) is 5.32 Å². The normalized spacial score (nSPS) is 31.9. The van der Waals surface area contributed by atoms with Crippen LogP contribution < -0.4 is 5.32 Å². The van der Waals surface area contributed by atoms with Crippen LogP contribution in [0.3, 0.4) is 0 Å². The highest BCUT2D eigenvalue weighted by molar-refractivity contribution is 5.96. The Morgan fingerprint density at radius 1 is 0.823 bits per heavy atom. The minimum Gasteiger partial charge on any atom is -0.456 e. The Morgan fingerprint density at radius 3 is 1.95 bits per heavy atom. The molecule has 3 aromatic rings. The van der Waals surface area contributed by atoms with Gasteiger partial charge in [0.05, 0.1) is 35.6 Å². The zero-order valence-corrected chi connectivity index (χ0v) is 35.2. The first-order valence-corrected chi connectivity index (χ1v) is 20.5. The second-order valence-corrected chi connectivity index (χ2v) is 17.4. The molecule has 1 heterocycles. The van der Waals surface area contributed by atoms with Gasteiger partial charge < -0.3 is 44.3 Å². The van der Waals surface area contributed by atoms with E-state index in [9.17, 15) is 39.3 Å². The molecule has 0 unspecified atom stereocenters. The number of ether oxygens (including phenoxy) is 5. The zero-order chi connectivity index (χ0) is 44.9. The van der Waals surface area contributed by atoms with Crippen molar-refractivity contribution in [1.29, 1.82) is 0 Å². The third-order valence-corrected chi connectivity index (χ3v) is 13.5. The Morgan fingerprint density at radius 2 is 1.40 bits per heavy atom. The van der Waals surface area contributed by atoms with Gasteiger partial charge in [0.1, 0.15) is 23.9 Å². The lowest BCUT2D eigenvalue weighted by Gasteiger charge is -2.67. The first-order chi connectivity index (χ1) is 29.3. The van der Waals surface area contributed by atoms with Crippen molar-refractivity contribution in [2.45, 2.75) is 108 Å². The summed E-state index contributed by atoms with van der Waals surface area (Å²) in [5, 5.41) is 40.2. The molecule has 62 heavy (non-hydrogen) atoms. The highest BCUT2D eigenvalue weighted by Gasteiger charge is 2.78. The number of Topliss-reactive ketones (excluding diaryl/α,β-unsaturated/α-hetero) is 1. The molecule has 3 aliphatic carbocycles. The van der Waals surface area contributed by atoms with E-state index in [4.69, 9.17) is 23.7 Å². The molecule has 15 heteroatoms. The summed E-state index contributed by atoms with van der Waals surface area (Å²) in [7, 11) is 0. The summed E-state index contributed by atoms with van der Waals surface area (Å²) in [6, 6.07) is 22.9. The van der Waals surface area contributed by atoms with E-state index in [1.165, 1.54) is 26.0 Å². The highest BCUT2D eigenvalue weighted by Crippen LogP contribution is 2.64. The molecular formula is C47H51NO14. The van der Waals surface area contributed by atoms with Gasteiger partial charge >= 0.3 is 23.9 Å². The Bertz CT molecular complexity index is 2280. The molecule has 3 fully saturated rings. The van der Waals surface area contributed by atoms with Crippen molar-refractivity contribution in [3.05, 3.63) is 119 Å². The molecule has 1 aliphatic heterocycles. The molecular weight excluding hydrogens is 803 g/mol. The van der Waals surface area contributed by atoms with Crippen LogP contribution in [-0.2, 0) is 42.9 Å². The summed E-state index contributed by atoms with van der Waals surface area (Å²) >= 11 is 0. The molecule has 0 aromatic heterocycles. The largest absolute Gasteiger partial charge is 0.456 e. The number of benzene rings is 3.